The lowest BCUT2D eigenvalue weighted by Gasteiger charge is -2.18. The second-order valence-corrected chi connectivity index (χ2v) is 4.22. The molecule has 1 rings (SSSR count). The Morgan fingerprint density at radius 1 is 1.47 bits per heavy atom. The minimum absolute atomic E-state index is 0.128. The number of ether oxygens (including phenoxy) is 2. The van der Waals surface area contributed by atoms with Crippen LogP contribution < -0.4 is 4.74 Å². The molecule has 5 heteroatoms. The molecule has 1 aromatic rings. The number of hydrogen-bond donors (Lipinski definition) is 0. The van der Waals surface area contributed by atoms with Gasteiger partial charge in [-0.05, 0) is 32.9 Å². The molecule has 0 bridgehead atoms. The first-order chi connectivity index (χ1) is 6.88. The lowest BCUT2D eigenvalue weighted by molar-refractivity contribution is 0.0205. The molecular weight excluding hydrogens is 218 g/mol. The molecule has 0 N–H and O–H groups in total. The lowest BCUT2D eigenvalue weighted by Crippen LogP contribution is -2.26. The maximum atomic E-state index is 11.2. The van der Waals surface area contributed by atoms with Crippen molar-refractivity contribution in [1.29, 1.82) is 0 Å². The molecule has 4 nitrogen and oxygen atoms in total. The van der Waals surface area contributed by atoms with Crippen LogP contribution in [0.1, 0.15) is 20.8 Å². The number of rotatable bonds is 1. The lowest BCUT2D eigenvalue weighted by atomic mass is 10.2. The highest BCUT2D eigenvalue weighted by molar-refractivity contribution is 6.30. The molecular formula is C10H12ClNO3. The summed E-state index contributed by atoms with van der Waals surface area (Å²) < 4.78 is 9.81. The summed E-state index contributed by atoms with van der Waals surface area (Å²) in [4.78, 5) is 15.0. The maximum absolute atomic E-state index is 11.2. The number of aromatic nitrogens is 1. The Morgan fingerprint density at radius 3 is 2.67 bits per heavy atom. The van der Waals surface area contributed by atoms with Crippen molar-refractivity contribution < 1.29 is 14.3 Å². The molecule has 0 radical (unpaired) electrons. The summed E-state index contributed by atoms with van der Waals surface area (Å²) in [6, 6.07) is 3.16. The summed E-state index contributed by atoms with van der Waals surface area (Å²) in [5.74, 6) is 0.188. The van der Waals surface area contributed by atoms with E-state index >= 15 is 0 Å². The van der Waals surface area contributed by atoms with E-state index in [2.05, 4.69) is 4.98 Å². The highest BCUT2D eigenvalue weighted by Crippen LogP contribution is 2.21. The Labute approximate surface area is 93.2 Å². The van der Waals surface area contributed by atoms with Gasteiger partial charge in [-0.1, -0.05) is 11.6 Å². The normalized spacial score (nSPS) is 10.9. The van der Waals surface area contributed by atoms with Crippen molar-refractivity contribution in [2.24, 2.45) is 0 Å². The van der Waals surface area contributed by atoms with Gasteiger partial charge in [-0.15, -0.1) is 0 Å². The van der Waals surface area contributed by atoms with E-state index in [-0.39, 0.29) is 10.9 Å². The van der Waals surface area contributed by atoms with Crippen molar-refractivity contribution in [2.75, 3.05) is 0 Å². The average molecular weight is 230 g/mol. The van der Waals surface area contributed by atoms with Crippen LogP contribution in [0.15, 0.2) is 18.3 Å². The van der Waals surface area contributed by atoms with Gasteiger partial charge in [0.05, 0.1) is 0 Å². The number of carbonyl (C=O) groups excluding carboxylic acids is 1. The molecule has 0 aliphatic heterocycles. The van der Waals surface area contributed by atoms with Crippen LogP contribution in [-0.4, -0.2) is 16.7 Å². The van der Waals surface area contributed by atoms with Crippen LogP contribution >= 0.6 is 11.6 Å². The molecule has 0 unspecified atom stereocenters. The first kappa shape index (κ1) is 11.8. The maximum Gasteiger partial charge on any atom is 0.514 e. The van der Waals surface area contributed by atoms with Gasteiger partial charge in [0, 0.05) is 6.20 Å². The predicted molar refractivity (Wildman–Crippen MR) is 56.1 cm³/mol. The summed E-state index contributed by atoms with van der Waals surface area (Å²) in [6.45, 7) is 5.25. The third-order valence-corrected chi connectivity index (χ3v) is 1.59. The summed E-state index contributed by atoms with van der Waals surface area (Å²) in [5.41, 5.74) is -0.591. The van der Waals surface area contributed by atoms with Crippen LogP contribution in [0.4, 0.5) is 4.79 Å². The van der Waals surface area contributed by atoms with Crippen molar-refractivity contribution in [3.63, 3.8) is 0 Å². The second-order valence-electron chi connectivity index (χ2n) is 3.86. The van der Waals surface area contributed by atoms with E-state index in [1.807, 2.05) is 0 Å². The van der Waals surface area contributed by atoms with Gasteiger partial charge in [0.25, 0.3) is 0 Å². The molecule has 15 heavy (non-hydrogen) atoms. The van der Waals surface area contributed by atoms with Gasteiger partial charge < -0.3 is 9.47 Å². The number of carbonyl (C=O) groups is 1. The Hall–Kier alpha value is -1.29. The van der Waals surface area contributed by atoms with Crippen LogP contribution in [0.3, 0.4) is 0 Å². The van der Waals surface area contributed by atoms with Crippen LogP contribution in [0.2, 0.25) is 5.15 Å². The van der Waals surface area contributed by atoms with E-state index in [0.29, 0.717) is 0 Å². The van der Waals surface area contributed by atoms with E-state index in [1.54, 1.807) is 32.9 Å². The third-order valence-electron chi connectivity index (χ3n) is 1.31. The first-order valence-electron chi connectivity index (χ1n) is 4.40. The number of pyridine rings is 1. The average Bonchev–Trinajstić information content (AvgIpc) is 2.05. The topological polar surface area (TPSA) is 48.4 Å². The van der Waals surface area contributed by atoms with Crippen molar-refractivity contribution in [3.8, 4) is 5.75 Å². The Morgan fingerprint density at radius 2 is 2.13 bits per heavy atom. The summed E-state index contributed by atoms with van der Waals surface area (Å²) in [6.07, 6.45) is 0.710. The minimum Gasteiger partial charge on any atom is -0.428 e. The first-order valence-corrected chi connectivity index (χ1v) is 4.77. The Bertz CT molecular complexity index is 360. The Kier molecular flexibility index (Phi) is 3.52. The van der Waals surface area contributed by atoms with Gasteiger partial charge >= 0.3 is 6.16 Å². The zero-order chi connectivity index (χ0) is 11.5. The second kappa shape index (κ2) is 4.49. The number of hydrogen-bond acceptors (Lipinski definition) is 4. The SMILES string of the molecule is CC(C)(C)OC(=O)Oc1cccnc1Cl. The fourth-order valence-electron chi connectivity index (χ4n) is 0.808. The molecule has 0 aliphatic rings. The highest BCUT2D eigenvalue weighted by atomic mass is 35.5. The number of halogens is 1. The van der Waals surface area contributed by atoms with Crippen LogP contribution in [0, 0.1) is 0 Å². The molecule has 82 valence electrons. The zero-order valence-electron chi connectivity index (χ0n) is 8.78. The van der Waals surface area contributed by atoms with Gasteiger partial charge in [0.1, 0.15) is 5.60 Å². The van der Waals surface area contributed by atoms with Crippen LogP contribution in [0.5, 0.6) is 5.75 Å². The van der Waals surface area contributed by atoms with Gasteiger partial charge in [-0.3, -0.25) is 0 Å². The van der Waals surface area contributed by atoms with Crippen molar-refractivity contribution in [1.82, 2.24) is 4.98 Å². The van der Waals surface area contributed by atoms with E-state index in [4.69, 9.17) is 21.1 Å². The van der Waals surface area contributed by atoms with Gasteiger partial charge in [0.15, 0.2) is 10.9 Å². The van der Waals surface area contributed by atoms with E-state index < -0.39 is 11.8 Å². The predicted octanol–water partition coefficient (Wildman–Crippen LogP) is 3.05. The summed E-state index contributed by atoms with van der Waals surface area (Å²) >= 11 is 5.70. The van der Waals surface area contributed by atoms with Gasteiger partial charge in [-0.25, -0.2) is 9.78 Å². The van der Waals surface area contributed by atoms with Gasteiger partial charge in [0.2, 0.25) is 0 Å². The molecule has 0 atom stereocenters. The molecule has 0 saturated heterocycles. The summed E-state index contributed by atoms with van der Waals surface area (Å²) in [7, 11) is 0. The molecule has 0 aliphatic carbocycles. The van der Waals surface area contributed by atoms with Crippen LogP contribution in [-0.2, 0) is 4.74 Å². The fraction of sp³-hybridized carbons (Fsp3) is 0.400. The monoisotopic (exact) mass is 229 g/mol. The van der Waals surface area contributed by atoms with E-state index in [1.165, 1.54) is 6.20 Å². The third kappa shape index (κ3) is 4.16. The molecule has 0 spiro atoms. The van der Waals surface area contributed by atoms with E-state index in [9.17, 15) is 4.79 Å². The standard InChI is InChI=1S/C10H12ClNO3/c1-10(2,3)15-9(13)14-7-5-4-6-12-8(7)11/h4-6H,1-3H3. The fourth-order valence-corrected chi connectivity index (χ4v) is 0.966. The summed E-state index contributed by atoms with van der Waals surface area (Å²) in [5, 5.41) is 0.128. The van der Waals surface area contributed by atoms with Crippen molar-refractivity contribution >= 4 is 17.8 Å². The largest absolute Gasteiger partial charge is 0.514 e. The minimum atomic E-state index is -0.794. The number of nitrogens with zero attached hydrogens (tertiary/aromatic N) is 1. The quantitative estimate of drug-likeness (QED) is 0.549. The van der Waals surface area contributed by atoms with E-state index in [0.717, 1.165) is 0 Å². The Balaban J connectivity index is 2.64. The molecule has 0 amide bonds. The van der Waals surface area contributed by atoms with Crippen molar-refractivity contribution in [2.45, 2.75) is 26.4 Å². The smallest absolute Gasteiger partial charge is 0.428 e. The molecule has 1 aromatic heterocycles. The molecule has 0 fully saturated rings. The molecule has 0 aromatic carbocycles. The van der Waals surface area contributed by atoms with Gasteiger partial charge in [-0.2, -0.15) is 0 Å². The van der Waals surface area contributed by atoms with Crippen LogP contribution in [0.25, 0.3) is 0 Å². The van der Waals surface area contributed by atoms with Crippen molar-refractivity contribution in [3.05, 3.63) is 23.5 Å². The molecule has 0 saturated carbocycles. The molecule has 1 heterocycles. The zero-order valence-corrected chi connectivity index (χ0v) is 9.54. The highest BCUT2D eigenvalue weighted by Gasteiger charge is 2.18.